The number of carbonyl (C=O) groups is 1. The smallest absolute Gasteiger partial charge is 0.410 e. The number of nitrogens with zero attached hydrogens (tertiary/aromatic N) is 3. The SMILES string of the molecule is CC(C)(C)OC(=O)N1CCN2C(NCC3(O)CCSC3)=NCC2C1. The van der Waals surface area contributed by atoms with Crippen molar-refractivity contribution < 1.29 is 14.6 Å². The molecule has 0 bridgehead atoms. The quantitative estimate of drug-likeness (QED) is 0.760. The monoisotopic (exact) mass is 356 g/mol. The van der Waals surface area contributed by atoms with Crippen LogP contribution in [0.3, 0.4) is 0 Å². The highest BCUT2D eigenvalue weighted by Gasteiger charge is 2.38. The van der Waals surface area contributed by atoms with Crippen LogP contribution in [0.5, 0.6) is 0 Å². The Morgan fingerprint density at radius 1 is 1.50 bits per heavy atom. The molecule has 0 radical (unpaired) electrons. The highest BCUT2D eigenvalue weighted by atomic mass is 32.2. The van der Waals surface area contributed by atoms with E-state index in [1.54, 1.807) is 16.7 Å². The van der Waals surface area contributed by atoms with Crippen molar-refractivity contribution in [1.29, 1.82) is 0 Å². The van der Waals surface area contributed by atoms with Crippen molar-refractivity contribution in [2.24, 2.45) is 4.99 Å². The molecule has 8 heteroatoms. The Labute approximate surface area is 147 Å². The minimum absolute atomic E-state index is 0.196. The Morgan fingerprint density at radius 3 is 2.96 bits per heavy atom. The van der Waals surface area contributed by atoms with Crippen LogP contribution < -0.4 is 5.32 Å². The van der Waals surface area contributed by atoms with E-state index in [1.807, 2.05) is 20.8 Å². The van der Waals surface area contributed by atoms with Crippen LogP contribution in [0.1, 0.15) is 27.2 Å². The fourth-order valence-corrected chi connectivity index (χ4v) is 4.50. The van der Waals surface area contributed by atoms with Crippen molar-refractivity contribution >= 4 is 23.8 Å². The summed E-state index contributed by atoms with van der Waals surface area (Å²) < 4.78 is 5.46. The van der Waals surface area contributed by atoms with Gasteiger partial charge in [0.15, 0.2) is 5.96 Å². The number of nitrogens with one attached hydrogen (secondary N) is 1. The van der Waals surface area contributed by atoms with E-state index in [-0.39, 0.29) is 12.1 Å². The molecule has 7 nitrogen and oxygen atoms in total. The molecule has 2 fully saturated rings. The summed E-state index contributed by atoms with van der Waals surface area (Å²) in [7, 11) is 0. The zero-order valence-corrected chi connectivity index (χ0v) is 15.6. The molecule has 0 saturated carbocycles. The molecule has 0 aliphatic carbocycles. The zero-order chi connectivity index (χ0) is 17.4. The number of ether oxygens (including phenoxy) is 1. The van der Waals surface area contributed by atoms with Crippen molar-refractivity contribution in [2.75, 3.05) is 44.2 Å². The largest absolute Gasteiger partial charge is 0.444 e. The van der Waals surface area contributed by atoms with Crippen LogP contribution >= 0.6 is 11.8 Å². The molecule has 136 valence electrons. The van der Waals surface area contributed by atoms with E-state index in [2.05, 4.69) is 15.2 Å². The Balaban J connectivity index is 1.50. The maximum atomic E-state index is 12.2. The molecule has 2 unspecified atom stereocenters. The van der Waals surface area contributed by atoms with Gasteiger partial charge in [0.05, 0.1) is 18.2 Å². The summed E-state index contributed by atoms with van der Waals surface area (Å²) in [6.45, 7) is 8.86. The Kier molecular flexibility index (Phi) is 4.88. The van der Waals surface area contributed by atoms with E-state index >= 15 is 0 Å². The molecule has 3 rings (SSSR count). The van der Waals surface area contributed by atoms with Crippen LogP contribution in [0.15, 0.2) is 4.99 Å². The lowest BCUT2D eigenvalue weighted by molar-refractivity contribution is 0.0136. The maximum Gasteiger partial charge on any atom is 0.410 e. The molecule has 24 heavy (non-hydrogen) atoms. The topological polar surface area (TPSA) is 77.4 Å². The summed E-state index contributed by atoms with van der Waals surface area (Å²) >= 11 is 1.79. The zero-order valence-electron chi connectivity index (χ0n) is 14.7. The highest BCUT2D eigenvalue weighted by Crippen LogP contribution is 2.27. The van der Waals surface area contributed by atoms with E-state index < -0.39 is 11.2 Å². The number of piperazine rings is 1. The first-order valence-electron chi connectivity index (χ1n) is 8.59. The molecule has 2 N–H and O–H groups in total. The van der Waals surface area contributed by atoms with Gasteiger partial charge in [-0.15, -0.1) is 0 Å². The fraction of sp³-hybridized carbons (Fsp3) is 0.875. The third kappa shape index (κ3) is 4.08. The first-order valence-corrected chi connectivity index (χ1v) is 9.74. The van der Waals surface area contributed by atoms with E-state index in [0.29, 0.717) is 26.2 Å². The molecule has 3 heterocycles. The van der Waals surface area contributed by atoms with Gasteiger partial charge in [-0.05, 0) is 32.9 Å². The lowest BCUT2D eigenvalue weighted by Gasteiger charge is -2.39. The van der Waals surface area contributed by atoms with Gasteiger partial charge in [0.1, 0.15) is 5.60 Å². The van der Waals surface area contributed by atoms with Crippen LogP contribution in [0.2, 0.25) is 0 Å². The second kappa shape index (κ2) is 6.63. The van der Waals surface area contributed by atoms with Crippen molar-refractivity contribution in [1.82, 2.24) is 15.1 Å². The Morgan fingerprint density at radius 2 is 2.29 bits per heavy atom. The maximum absolute atomic E-state index is 12.2. The van der Waals surface area contributed by atoms with Crippen LogP contribution in [0, 0.1) is 0 Å². The molecule has 2 saturated heterocycles. The Hall–Kier alpha value is -1.15. The van der Waals surface area contributed by atoms with Gasteiger partial charge in [-0.3, -0.25) is 4.99 Å². The molecule has 0 aromatic carbocycles. The predicted molar refractivity (Wildman–Crippen MR) is 95.5 cm³/mol. The first-order chi connectivity index (χ1) is 11.3. The van der Waals surface area contributed by atoms with Crippen molar-refractivity contribution in [2.45, 2.75) is 44.4 Å². The van der Waals surface area contributed by atoms with Crippen LogP contribution in [-0.4, -0.2) is 88.4 Å². The van der Waals surface area contributed by atoms with E-state index in [0.717, 1.165) is 30.4 Å². The lowest BCUT2D eigenvalue weighted by atomic mass is 10.0. The molecule has 0 spiro atoms. The normalized spacial score (nSPS) is 30.2. The van der Waals surface area contributed by atoms with Gasteiger partial charge in [-0.2, -0.15) is 11.8 Å². The number of amides is 1. The average Bonchev–Trinajstić information content (AvgIpc) is 3.09. The molecular weight excluding hydrogens is 328 g/mol. The van der Waals surface area contributed by atoms with Crippen LogP contribution in [0.25, 0.3) is 0 Å². The summed E-state index contributed by atoms with van der Waals surface area (Å²) in [5.74, 6) is 2.65. The number of rotatable bonds is 2. The van der Waals surface area contributed by atoms with Gasteiger partial charge in [0.2, 0.25) is 0 Å². The lowest BCUT2D eigenvalue weighted by Crippen LogP contribution is -2.58. The number of hydrogen-bond donors (Lipinski definition) is 2. The average molecular weight is 356 g/mol. The Bertz CT molecular complexity index is 514. The molecule has 1 amide bonds. The minimum Gasteiger partial charge on any atom is -0.444 e. The minimum atomic E-state index is -0.621. The first kappa shape index (κ1) is 17.7. The number of fused-ring (bicyclic) bond motifs is 1. The second-order valence-corrected chi connectivity index (χ2v) is 8.92. The number of carbonyl (C=O) groups excluding carboxylic acids is 1. The molecule has 0 aromatic rings. The number of hydrogen-bond acceptors (Lipinski definition) is 7. The van der Waals surface area contributed by atoms with Gasteiger partial charge in [-0.1, -0.05) is 0 Å². The second-order valence-electron chi connectivity index (χ2n) is 7.82. The summed E-state index contributed by atoms with van der Waals surface area (Å²) in [5.41, 5.74) is -1.09. The third-order valence-corrected chi connectivity index (χ3v) is 5.75. The third-order valence-electron chi connectivity index (χ3n) is 4.52. The van der Waals surface area contributed by atoms with Crippen molar-refractivity contribution in [3.8, 4) is 0 Å². The van der Waals surface area contributed by atoms with Crippen LogP contribution in [0.4, 0.5) is 4.79 Å². The predicted octanol–water partition coefficient (Wildman–Crippen LogP) is 0.735. The molecule has 2 atom stereocenters. The van der Waals surface area contributed by atoms with E-state index in [9.17, 15) is 9.90 Å². The van der Waals surface area contributed by atoms with Gasteiger partial charge < -0.3 is 25.0 Å². The van der Waals surface area contributed by atoms with Crippen molar-refractivity contribution in [3.05, 3.63) is 0 Å². The summed E-state index contributed by atoms with van der Waals surface area (Å²) in [4.78, 5) is 20.8. The van der Waals surface area contributed by atoms with Crippen LogP contribution in [-0.2, 0) is 4.74 Å². The number of guanidine groups is 1. The van der Waals surface area contributed by atoms with Gasteiger partial charge in [-0.25, -0.2) is 4.79 Å². The summed E-state index contributed by atoms with van der Waals surface area (Å²) in [6, 6.07) is 0.196. The molecule has 3 aliphatic rings. The highest BCUT2D eigenvalue weighted by molar-refractivity contribution is 7.99. The molecule has 0 aromatic heterocycles. The number of aliphatic hydroxyl groups is 1. The molecular formula is C16H28N4O3S. The van der Waals surface area contributed by atoms with Gasteiger partial charge >= 0.3 is 6.09 Å². The van der Waals surface area contributed by atoms with E-state index in [1.165, 1.54) is 0 Å². The number of thioether (sulfide) groups is 1. The van der Waals surface area contributed by atoms with Crippen molar-refractivity contribution in [3.63, 3.8) is 0 Å². The molecule has 3 aliphatic heterocycles. The summed E-state index contributed by atoms with van der Waals surface area (Å²) in [5, 5.41) is 13.8. The fourth-order valence-electron chi connectivity index (χ4n) is 3.20. The number of aliphatic imine (C=N–C) groups is 1. The van der Waals surface area contributed by atoms with Gasteiger partial charge in [0, 0.05) is 31.9 Å². The van der Waals surface area contributed by atoms with Gasteiger partial charge in [0.25, 0.3) is 0 Å². The van der Waals surface area contributed by atoms with E-state index in [4.69, 9.17) is 4.74 Å². The summed E-state index contributed by atoms with van der Waals surface area (Å²) in [6.07, 6.45) is 0.578. The standard InChI is InChI=1S/C16H28N4O3S/c1-15(2,3)23-14(21)19-5-6-20-12(9-19)8-17-13(20)18-10-16(22)4-7-24-11-16/h12,22H,4-11H2,1-3H3,(H,17,18).